The van der Waals surface area contributed by atoms with Crippen LogP contribution in [-0.2, 0) is 4.79 Å². The van der Waals surface area contributed by atoms with Gasteiger partial charge in [-0.3, -0.25) is 4.79 Å². The fraction of sp³-hybridized carbons (Fsp3) is 0.769. The van der Waals surface area contributed by atoms with E-state index in [1.165, 1.54) is 0 Å². The van der Waals surface area contributed by atoms with Crippen LogP contribution < -0.4 is 5.32 Å². The third-order valence-electron chi connectivity index (χ3n) is 3.76. The summed E-state index contributed by atoms with van der Waals surface area (Å²) < 4.78 is 0. The molecule has 0 aromatic heterocycles. The maximum absolute atomic E-state index is 11.8. The van der Waals surface area contributed by atoms with Crippen LogP contribution >= 0.6 is 0 Å². The van der Waals surface area contributed by atoms with Gasteiger partial charge in [0.25, 0.3) is 0 Å². The third-order valence-corrected chi connectivity index (χ3v) is 3.76. The van der Waals surface area contributed by atoms with E-state index in [1.54, 1.807) is 0 Å². The lowest BCUT2D eigenvalue weighted by Crippen LogP contribution is -2.35. The van der Waals surface area contributed by atoms with Crippen LogP contribution in [-0.4, -0.2) is 23.7 Å². The zero-order valence-electron chi connectivity index (χ0n) is 9.69. The predicted molar refractivity (Wildman–Crippen MR) is 62.8 cm³/mol. The molecule has 0 aromatic rings. The summed E-state index contributed by atoms with van der Waals surface area (Å²) in [6, 6.07) is 0. The van der Waals surface area contributed by atoms with Crippen LogP contribution in [0.15, 0.2) is 12.2 Å². The minimum atomic E-state index is -0.106. The van der Waals surface area contributed by atoms with Crippen molar-refractivity contribution in [2.75, 3.05) is 6.54 Å². The van der Waals surface area contributed by atoms with Gasteiger partial charge in [0, 0.05) is 12.5 Å². The fourth-order valence-corrected chi connectivity index (χ4v) is 2.57. The number of rotatable bonds is 3. The van der Waals surface area contributed by atoms with Gasteiger partial charge in [-0.1, -0.05) is 12.2 Å². The fourth-order valence-electron chi connectivity index (χ4n) is 2.57. The molecule has 0 atom stereocenters. The molecular formula is C13H21NO2. The Bertz CT molecular complexity index is 259. The van der Waals surface area contributed by atoms with Crippen molar-refractivity contribution in [2.24, 2.45) is 11.8 Å². The van der Waals surface area contributed by atoms with Crippen LogP contribution in [0.2, 0.25) is 0 Å². The summed E-state index contributed by atoms with van der Waals surface area (Å²) in [5.74, 6) is 0.951. The number of carbonyl (C=O) groups excluding carboxylic acids is 1. The molecule has 90 valence electrons. The largest absolute Gasteiger partial charge is 0.393 e. The monoisotopic (exact) mass is 223 g/mol. The van der Waals surface area contributed by atoms with E-state index in [0.717, 1.165) is 45.1 Å². The van der Waals surface area contributed by atoms with E-state index in [1.807, 2.05) is 0 Å². The second-order valence-corrected chi connectivity index (χ2v) is 5.06. The number of hydrogen-bond donors (Lipinski definition) is 2. The van der Waals surface area contributed by atoms with Gasteiger partial charge in [-0.05, 0) is 44.4 Å². The Kier molecular flexibility index (Phi) is 3.99. The Labute approximate surface area is 96.9 Å². The van der Waals surface area contributed by atoms with Gasteiger partial charge in [0.1, 0.15) is 0 Å². The van der Waals surface area contributed by atoms with Gasteiger partial charge in [-0.15, -0.1) is 0 Å². The number of aliphatic hydroxyl groups excluding tert-OH is 1. The molecule has 1 saturated carbocycles. The molecule has 1 amide bonds. The summed E-state index contributed by atoms with van der Waals surface area (Å²) in [6.45, 7) is 0.794. The molecule has 2 rings (SSSR count). The SMILES string of the molecule is O=C(NCC1CCC(O)CC1)C1CC=CC1. The Morgan fingerprint density at radius 1 is 1.19 bits per heavy atom. The first-order valence-electron chi connectivity index (χ1n) is 6.36. The van der Waals surface area contributed by atoms with Crippen molar-refractivity contribution in [3.8, 4) is 0 Å². The van der Waals surface area contributed by atoms with E-state index in [4.69, 9.17) is 0 Å². The van der Waals surface area contributed by atoms with Gasteiger partial charge in [-0.2, -0.15) is 0 Å². The van der Waals surface area contributed by atoms with Crippen LogP contribution in [0.1, 0.15) is 38.5 Å². The maximum Gasteiger partial charge on any atom is 0.223 e. The zero-order chi connectivity index (χ0) is 11.4. The molecule has 0 unspecified atom stereocenters. The van der Waals surface area contributed by atoms with Crippen LogP contribution in [0, 0.1) is 11.8 Å². The molecule has 16 heavy (non-hydrogen) atoms. The zero-order valence-corrected chi connectivity index (χ0v) is 9.69. The number of allylic oxidation sites excluding steroid dienone is 2. The summed E-state index contributed by atoms with van der Waals surface area (Å²) in [6.07, 6.45) is 9.74. The molecule has 2 aliphatic rings. The summed E-state index contributed by atoms with van der Waals surface area (Å²) in [4.78, 5) is 11.8. The Morgan fingerprint density at radius 2 is 1.81 bits per heavy atom. The Morgan fingerprint density at radius 3 is 2.44 bits per heavy atom. The van der Waals surface area contributed by atoms with Crippen LogP contribution in [0.25, 0.3) is 0 Å². The van der Waals surface area contributed by atoms with Crippen molar-refractivity contribution in [3.05, 3.63) is 12.2 Å². The quantitative estimate of drug-likeness (QED) is 0.714. The van der Waals surface area contributed by atoms with Gasteiger partial charge in [0.05, 0.1) is 6.10 Å². The van der Waals surface area contributed by atoms with Crippen molar-refractivity contribution < 1.29 is 9.90 Å². The molecule has 1 fully saturated rings. The van der Waals surface area contributed by atoms with Crippen LogP contribution in [0.3, 0.4) is 0 Å². The molecule has 0 heterocycles. The highest BCUT2D eigenvalue weighted by molar-refractivity contribution is 5.79. The smallest absolute Gasteiger partial charge is 0.223 e. The van der Waals surface area contributed by atoms with E-state index in [0.29, 0.717) is 5.92 Å². The van der Waals surface area contributed by atoms with Crippen molar-refractivity contribution in [1.29, 1.82) is 0 Å². The van der Waals surface area contributed by atoms with E-state index in [2.05, 4.69) is 17.5 Å². The molecular weight excluding hydrogens is 202 g/mol. The predicted octanol–water partition coefficient (Wildman–Crippen LogP) is 1.62. The lowest BCUT2D eigenvalue weighted by molar-refractivity contribution is -0.124. The minimum Gasteiger partial charge on any atom is -0.393 e. The second kappa shape index (κ2) is 5.48. The van der Waals surface area contributed by atoms with Crippen LogP contribution in [0.4, 0.5) is 0 Å². The van der Waals surface area contributed by atoms with Gasteiger partial charge >= 0.3 is 0 Å². The number of carbonyl (C=O) groups is 1. The van der Waals surface area contributed by atoms with E-state index >= 15 is 0 Å². The Hall–Kier alpha value is -0.830. The second-order valence-electron chi connectivity index (χ2n) is 5.06. The highest BCUT2D eigenvalue weighted by Crippen LogP contribution is 2.24. The molecule has 0 bridgehead atoms. The lowest BCUT2D eigenvalue weighted by atomic mass is 9.87. The summed E-state index contributed by atoms with van der Waals surface area (Å²) in [5, 5.41) is 12.4. The molecule has 0 aromatic carbocycles. The number of hydrogen-bond acceptors (Lipinski definition) is 2. The van der Waals surface area contributed by atoms with Crippen molar-refractivity contribution >= 4 is 5.91 Å². The van der Waals surface area contributed by atoms with E-state index < -0.39 is 0 Å². The molecule has 0 saturated heterocycles. The lowest BCUT2D eigenvalue weighted by Gasteiger charge is -2.25. The third kappa shape index (κ3) is 3.08. The standard InChI is InChI=1S/C13H21NO2/c15-12-7-5-10(6-8-12)9-14-13(16)11-3-1-2-4-11/h1-2,10-12,15H,3-9H2,(H,14,16). The van der Waals surface area contributed by atoms with E-state index in [9.17, 15) is 9.90 Å². The number of aliphatic hydroxyl groups is 1. The van der Waals surface area contributed by atoms with Crippen LogP contribution in [0.5, 0.6) is 0 Å². The summed E-state index contributed by atoms with van der Waals surface area (Å²) >= 11 is 0. The average molecular weight is 223 g/mol. The van der Waals surface area contributed by atoms with Gasteiger partial charge < -0.3 is 10.4 Å². The number of amides is 1. The number of nitrogens with one attached hydrogen (secondary N) is 1. The molecule has 0 radical (unpaired) electrons. The minimum absolute atomic E-state index is 0.106. The first-order valence-corrected chi connectivity index (χ1v) is 6.36. The molecule has 2 N–H and O–H groups in total. The molecule has 2 aliphatic carbocycles. The Balaban J connectivity index is 1.65. The molecule has 0 spiro atoms. The maximum atomic E-state index is 11.8. The van der Waals surface area contributed by atoms with Gasteiger partial charge in [0.2, 0.25) is 5.91 Å². The highest BCUT2D eigenvalue weighted by Gasteiger charge is 2.22. The molecule has 3 nitrogen and oxygen atoms in total. The highest BCUT2D eigenvalue weighted by atomic mass is 16.3. The first-order chi connectivity index (χ1) is 7.75. The summed E-state index contributed by atoms with van der Waals surface area (Å²) in [7, 11) is 0. The summed E-state index contributed by atoms with van der Waals surface area (Å²) in [5.41, 5.74) is 0. The van der Waals surface area contributed by atoms with Gasteiger partial charge in [-0.25, -0.2) is 0 Å². The topological polar surface area (TPSA) is 49.3 Å². The van der Waals surface area contributed by atoms with Crippen molar-refractivity contribution in [1.82, 2.24) is 5.32 Å². The normalized spacial score (nSPS) is 30.6. The van der Waals surface area contributed by atoms with E-state index in [-0.39, 0.29) is 17.9 Å². The molecule has 3 heteroatoms. The average Bonchev–Trinajstić information content (AvgIpc) is 2.81. The molecule has 0 aliphatic heterocycles. The first kappa shape index (κ1) is 11.6. The van der Waals surface area contributed by atoms with Crippen molar-refractivity contribution in [2.45, 2.75) is 44.6 Å². The van der Waals surface area contributed by atoms with Crippen molar-refractivity contribution in [3.63, 3.8) is 0 Å². The van der Waals surface area contributed by atoms with Gasteiger partial charge in [0.15, 0.2) is 0 Å².